The van der Waals surface area contributed by atoms with Gasteiger partial charge in [0.25, 0.3) is 5.91 Å². The summed E-state index contributed by atoms with van der Waals surface area (Å²) < 4.78 is 7.65. The lowest BCUT2D eigenvalue weighted by Gasteiger charge is -2.08. The molecular formula is C19H21N3O2S. The highest BCUT2D eigenvalue weighted by Crippen LogP contribution is 2.21. The van der Waals surface area contributed by atoms with Crippen molar-refractivity contribution in [1.82, 2.24) is 15.1 Å². The van der Waals surface area contributed by atoms with Crippen molar-refractivity contribution in [2.45, 2.75) is 27.0 Å². The normalized spacial score (nSPS) is 10.6. The van der Waals surface area contributed by atoms with Gasteiger partial charge in [0.1, 0.15) is 12.4 Å². The van der Waals surface area contributed by atoms with Crippen LogP contribution in [-0.4, -0.2) is 22.2 Å². The number of ether oxygens (including phenoxy) is 1. The van der Waals surface area contributed by atoms with Crippen LogP contribution in [-0.2, 0) is 13.2 Å². The van der Waals surface area contributed by atoms with Gasteiger partial charge >= 0.3 is 0 Å². The van der Waals surface area contributed by atoms with Crippen molar-refractivity contribution in [2.24, 2.45) is 0 Å². The monoisotopic (exact) mass is 355 g/mol. The van der Waals surface area contributed by atoms with Gasteiger partial charge in [-0.15, -0.1) is 11.3 Å². The Morgan fingerprint density at radius 3 is 2.96 bits per heavy atom. The molecule has 0 saturated carbocycles. The summed E-state index contributed by atoms with van der Waals surface area (Å²) in [6, 6.07) is 9.87. The predicted octanol–water partition coefficient (Wildman–Crippen LogP) is 3.57. The highest BCUT2D eigenvalue weighted by atomic mass is 32.1. The van der Waals surface area contributed by atoms with E-state index in [1.165, 1.54) is 16.9 Å². The number of hydrogen-bond donors (Lipinski definition) is 1. The summed E-state index contributed by atoms with van der Waals surface area (Å²) in [6.45, 7) is 5.77. The number of aryl methyl sites for hydroxylation is 2. The summed E-state index contributed by atoms with van der Waals surface area (Å²) in [4.78, 5) is 12.9. The molecule has 0 aliphatic heterocycles. The van der Waals surface area contributed by atoms with E-state index >= 15 is 0 Å². The fraction of sp³-hybridized carbons (Fsp3) is 0.263. The van der Waals surface area contributed by atoms with E-state index in [1.807, 2.05) is 42.8 Å². The molecular weight excluding hydrogens is 334 g/mol. The van der Waals surface area contributed by atoms with Crippen LogP contribution in [0.5, 0.6) is 5.75 Å². The second-order valence-corrected chi connectivity index (χ2v) is 6.81. The molecule has 2 aromatic heterocycles. The van der Waals surface area contributed by atoms with Gasteiger partial charge in [-0.05, 0) is 43.0 Å². The minimum atomic E-state index is -0.0603. The number of nitrogens with zero attached hydrogens (tertiary/aromatic N) is 2. The first-order valence-corrected chi connectivity index (χ1v) is 9.03. The van der Waals surface area contributed by atoms with Crippen molar-refractivity contribution in [2.75, 3.05) is 6.54 Å². The molecule has 0 unspecified atom stereocenters. The van der Waals surface area contributed by atoms with Crippen LogP contribution in [0.1, 0.15) is 26.4 Å². The molecule has 6 heteroatoms. The Kier molecular flexibility index (Phi) is 5.50. The molecule has 0 saturated heterocycles. The quantitative estimate of drug-likeness (QED) is 0.705. The van der Waals surface area contributed by atoms with E-state index in [1.54, 1.807) is 10.9 Å². The molecule has 0 bridgehead atoms. The van der Waals surface area contributed by atoms with E-state index in [0.29, 0.717) is 24.6 Å². The largest absolute Gasteiger partial charge is 0.489 e. The van der Waals surface area contributed by atoms with E-state index in [9.17, 15) is 4.79 Å². The Morgan fingerprint density at radius 1 is 1.32 bits per heavy atom. The number of benzene rings is 1. The lowest BCUT2D eigenvalue weighted by atomic mass is 10.1. The summed E-state index contributed by atoms with van der Waals surface area (Å²) in [5.74, 6) is 0.817. The van der Waals surface area contributed by atoms with Gasteiger partial charge in [0.2, 0.25) is 0 Å². The van der Waals surface area contributed by atoms with Crippen LogP contribution in [0.3, 0.4) is 0 Å². The third kappa shape index (κ3) is 4.70. The molecule has 0 aliphatic carbocycles. The van der Waals surface area contributed by atoms with Gasteiger partial charge in [0.15, 0.2) is 0 Å². The van der Waals surface area contributed by atoms with Crippen molar-refractivity contribution >= 4 is 17.2 Å². The summed E-state index contributed by atoms with van der Waals surface area (Å²) in [5.41, 5.74) is 3.34. The van der Waals surface area contributed by atoms with Crippen molar-refractivity contribution in [3.05, 3.63) is 69.7 Å². The number of aromatic nitrogens is 2. The van der Waals surface area contributed by atoms with Crippen LogP contribution in [0.15, 0.2) is 48.1 Å². The molecule has 0 spiro atoms. The highest BCUT2D eigenvalue weighted by Gasteiger charge is 2.09. The Balaban J connectivity index is 1.50. The molecule has 0 radical (unpaired) electrons. The topological polar surface area (TPSA) is 56.1 Å². The van der Waals surface area contributed by atoms with E-state index in [2.05, 4.69) is 23.4 Å². The van der Waals surface area contributed by atoms with Crippen molar-refractivity contribution in [1.29, 1.82) is 0 Å². The second kappa shape index (κ2) is 7.98. The number of carbonyl (C=O) groups is 1. The SMILES string of the molecule is Cc1ccc(OCc2csc(C(=O)NCCn3cccn3)c2)c(C)c1. The molecule has 0 atom stereocenters. The van der Waals surface area contributed by atoms with Gasteiger partial charge in [-0.25, -0.2) is 0 Å². The molecule has 3 aromatic rings. The number of rotatable bonds is 7. The van der Waals surface area contributed by atoms with Gasteiger partial charge in [-0.2, -0.15) is 5.10 Å². The smallest absolute Gasteiger partial charge is 0.261 e. The van der Waals surface area contributed by atoms with E-state index in [-0.39, 0.29) is 5.91 Å². The summed E-state index contributed by atoms with van der Waals surface area (Å²) in [7, 11) is 0. The van der Waals surface area contributed by atoms with E-state index < -0.39 is 0 Å². The van der Waals surface area contributed by atoms with Gasteiger partial charge in [0.05, 0.1) is 11.4 Å². The van der Waals surface area contributed by atoms with Gasteiger partial charge < -0.3 is 10.1 Å². The third-order valence-corrected chi connectivity index (χ3v) is 4.77. The maximum absolute atomic E-state index is 12.2. The van der Waals surface area contributed by atoms with Crippen LogP contribution in [0.2, 0.25) is 0 Å². The number of thiophene rings is 1. The standard InChI is InChI=1S/C19H21N3O2S/c1-14-4-5-17(15(2)10-14)24-12-16-11-18(25-13-16)19(23)20-7-9-22-8-3-6-21-22/h3-6,8,10-11,13H,7,9,12H2,1-2H3,(H,20,23). The molecule has 5 nitrogen and oxygen atoms in total. The average Bonchev–Trinajstić information content (AvgIpc) is 3.25. The summed E-state index contributed by atoms with van der Waals surface area (Å²) >= 11 is 1.43. The summed E-state index contributed by atoms with van der Waals surface area (Å²) in [6.07, 6.45) is 3.60. The Labute approximate surface area is 151 Å². The maximum Gasteiger partial charge on any atom is 0.261 e. The Morgan fingerprint density at radius 2 is 2.20 bits per heavy atom. The lowest BCUT2D eigenvalue weighted by Crippen LogP contribution is -2.26. The molecule has 0 fully saturated rings. The lowest BCUT2D eigenvalue weighted by molar-refractivity contribution is 0.0956. The van der Waals surface area contributed by atoms with Crippen LogP contribution >= 0.6 is 11.3 Å². The molecule has 2 heterocycles. The second-order valence-electron chi connectivity index (χ2n) is 5.90. The van der Waals surface area contributed by atoms with Gasteiger partial charge in [-0.3, -0.25) is 9.48 Å². The van der Waals surface area contributed by atoms with Crippen molar-refractivity contribution in [3.8, 4) is 5.75 Å². The number of nitrogens with one attached hydrogen (secondary N) is 1. The van der Waals surface area contributed by atoms with Crippen molar-refractivity contribution in [3.63, 3.8) is 0 Å². The van der Waals surface area contributed by atoms with Crippen molar-refractivity contribution < 1.29 is 9.53 Å². The molecule has 3 rings (SSSR count). The van der Waals surface area contributed by atoms with Crippen LogP contribution in [0.4, 0.5) is 0 Å². The zero-order valence-electron chi connectivity index (χ0n) is 14.4. The Hall–Kier alpha value is -2.60. The maximum atomic E-state index is 12.2. The van der Waals surface area contributed by atoms with Crippen LogP contribution < -0.4 is 10.1 Å². The van der Waals surface area contributed by atoms with Crippen LogP contribution in [0, 0.1) is 13.8 Å². The predicted molar refractivity (Wildman–Crippen MR) is 99.1 cm³/mol. The summed E-state index contributed by atoms with van der Waals surface area (Å²) in [5, 5.41) is 8.98. The highest BCUT2D eigenvalue weighted by molar-refractivity contribution is 7.12. The van der Waals surface area contributed by atoms with Gasteiger partial charge in [0, 0.05) is 24.5 Å². The first-order valence-electron chi connectivity index (χ1n) is 8.15. The fourth-order valence-electron chi connectivity index (χ4n) is 2.50. The number of carbonyl (C=O) groups excluding carboxylic acids is 1. The number of hydrogen-bond acceptors (Lipinski definition) is 4. The molecule has 1 aromatic carbocycles. The minimum Gasteiger partial charge on any atom is -0.489 e. The zero-order valence-corrected chi connectivity index (χ0v) is 15.2. The molecule has 1 amide bonds. The average molecular weight is 355 g/mol. The number of amides is 1. The Bertz CT molecular complexity index is 840. The minimum absolute atomic E-state index is 0.0603. The van der Waals surface area contributed by atoms with E-state index in [0.717, 1.165) is 16.9 Å². The fourth-order valence-corrected chi connectivity index (χ4v) is 3.31. The first kappa shape index (κ1) is 17.2. The molecule has 25 heavy (non-hydrogen) atoms. The molecule has 1 N–H and O–H groups in total. The molecule has 0 aliphatic rings. The molecule has 130 valence electrons. The first-order chi connectivity index (χ1) is 12.1. The third-order valence-electron chi connectivity index (χ3n) is 3.79. The zero-order chi connectivity index (χ0) is 17.6. The van der Waals surface area contributed by atoms with Gasteiger partial charge in [-0.1, -0.05) is 17.7 Å². The van der Waals surface area contributed by atoms with E-state index in [4.69, 9.17) is 4.74 Å². The van der Waals surface area contributed by atoms with Crippen LogP contribution in [0.25, 0.3) is 0 Å².